The minimum atomic E-state index is -4.53. The molecule has 3 rings (SSSR count). The Bertz CT molecular complexity index is 910. The van der Waals surface area contributed by atoms with Gasteiger partial charge in [0.15, 0.2) is 0 Å². The van der Waals surface area contributed by atoms with Gasteiger partial charge in [-0.05, 0) is 12.1 Å². The Morgan fingerprint density at radius 2 is 1.80 bits per heavy atom. The zero-order valence-electron chi connectivity index (χ0n) is 12.7. The smallest absolute Gasteiger partial charge is 0.325 e. The van der Waals surface area contributed by atoms with E-state index >= 15 is 0 Å². The van der Waals surface area contributed by atoms with Crippen molar-refractivity contribution in [3.8, 4) is 0 Å². The fraction of sp³-hybridized carbons (Fsp3) is 0.118. The molecule has 0 radical (unpaired) electrons. The quantitative estimate of drug-likeness (QED) is 0.699. The number of aromatic nitrogens is 2. The van der Waals surface area contributed by atoms with Gasteiger partial charge in [0.05, 0.1) is 23.2 Å². The van der Waals surface area contributed by atoms with Crippen molar-refractivity contribution >= 4 is 34.1 Å². The van der Waals surface area contributed by atoms with E-state index in [0.29, 0.717) is 5.03 Å². The number of anilines is 1. The fourth-order valence-electron chi connectivity index (χ4n) is 2.27. The molecule has 0 unspecified atom stereocenters. The van der Waals surface area contributed by atoms with Crippen LogP contribution in [0.5, 0.6) is 0 Å². The van der Waals surface area contributed by atoms with Gasteiger partial charge in [0.25, 0.3) is 0 Å². The molecule has 1 N–H and O–H groups in total. The van der Waals surface area contributed by atoms with Crippen molar-refractivity contribution in [2.45, 2.75) is 11.2 Å². The molecule has 0 fully saturated rings. The summed E-state index contributed by atoms with van der Waals surface area (Å²) in [5, 5.41) is 12.4. The average Bonchev–Trinajstić information content (AvgIpc) is 2.59. The van der Waals surface area contributed by atoms with Crippen molar-refractivity contribution in [3.05, 3.63) is 60.3 Å². The van der Waals surface area contributed by atoms with Crippen LogP contribution in [-0.4, -0.2) is 21.9 Å². The molecule has 1 heterocycles. The number of fused-ring (bicyclic) bond motifs is 1. The fourth-order valence-corrected chi connectivity index (χ4v) is 3.05. The molecular formula is C17H12F3N3OS. The highest BCUT2D eigenvalue weighted by atomic mass is 32.2. The average molecular weight is 363 g/mol. The molecule has 4 nitrogen and oxygen atoms in total. The standard InChI is InChI=1S/C17H12F3N3OS/c18-17(19,20)13-7-3-4-8-14(13)22-15(24)10-25-16-12-6-2-1-5-11(12)9-21-23-16/h1-9H,10H2,(H,22,24). The topological polar surface area (TPSA) is 54.9 Å². The van der Waals surface area contributed by atoms with Crippen LogP contribution in [0.4, 0.5) is 18.9 Å². The van der Waals surface area contributed by atoms with Crippen molar-refractivity contribution in [1.82, 2.24) is 10.2 Å². The van der Waals surface area contributed by atoms with Crippen LogP contribution in [0.2, 0.25) is 0 Å². The van der Waals surface area contributed by atoms with Gasteiger partial charge in [0.2, 0.25) is 5.91 Å². The number of halogens is 3. The Hall–Kier alpha value is -2.61. The van der Waals surface area contributed by atoms with Crippen LogP contribution < -0.4 is 5.32 Å². The summed E-state index contributed by atoms with van der Waals surface area (Å²) in [4.78, 5) is 12.1. The summed E-state index contributed by atoms with van der Waals surface area (Å²) in [7, 11) is 0. The number of hydrogen-bond acceptors (Lipinski definition) is 4. The van der Waals surface area contributed by atoms with Crippen LogP contribution in [0, 0.1) is 0 Å². The molecule has 1 amide bonds. The monoisotopic (exact) mass is 363 g/mol. The first-order valence-electron chi connectivity index (χ1n) is 7.24. The Morgan fingerprint density at radius 3 is 2.60 bits per heavy atom. The minimum Gasteiger partial charge on any atom is -0.325 e. The van der Waals surface area contributed by atoms with Crippen LogP contribution in [0.1, 0.15) is 5.56 Å². The highest BCUT2D eigenvalue weighted by Crippen LogP contribution is 2.34. The zero-order valence-corrected chi connectivity index (χ0v) is 13.6. The number of hydrogen-bond donors (Lipinski definition) is 1. The summed E-state index contributed by atoms with van der Waals surface area (Å²) in [5.41, 5.74) is -1.14. The van der Waals surface area contributed by atoms with Gasteiger partial charge in [0, 0.05) is 10.8 Å². The third-order valence-electron chi connectivity index (χ3n) is 3.38. The number of para-hydroxylation sites is 1. The summed E-state index contributed by atoms with van der Waals surface area (Å²) in [6, 6.07) is 12.3. The summed E-state index contributed by atoms with van der Waals surface area (Å²) in [6.07, 6.45) is -2.92. The SMILES string of the molecule is O=C(CSc1nncc2ccccc12)Nc1ccccc1C(F)(F)F. The summed E-state index contributed by atoms with van der Waals surface area (Å²) < 4.78 is 38.8. The molecule has 25 heavy (non-hydrogen) atoms. The van der Waals surface area contributed by atoms with Gasteiger partial charge in [-0.3, -0.25) is 4.79 Å². The molecule has 0 saturated heterocycles. The van der Waals surface area contributed by atoms with E-state index in [1.165, 1.54) is 18.2 Å². The molecular weight excluding hydrogens is 351 g/mol. The number of thioether (sulfide) groups is 1. The molecule has 0 spiro atoms. The lowest BCUT2D eigenvalue weighted by atomic mass is 10.1. The van der Waals surface area contributed by atoms with E-state index in [-0.39, 0.29) is 11.4 Å². The summed E-state index contributed by atoms with van der Waals surface area (Å²) >= 11 is 1.12. The maximum absolute atomic E-state index is 12.9. The number of nitrogens with one attached hydrogen (secondary N) is 1. The summed E-state index contributed by atoms with van der Waals surface area (Å²) in [6.45, 7) is 0. The Labute approximate surface area is 145 Å². The molecule has 0 bridgehead atoms. The Balaban J connectivity index is 1.72. The maximum atomic E-state index is 12.9. The van der Waals surface area contributed by atoms with E-state index in [2.05, 4.69) is 15.5 Å². The zero-order chi connectivity index (χ0) is 17.9. The van der Waals surface area contributed by atoms with E-state index in [1.807, 2.05) is 24.3 Å². The molecule has 0 aliphatic carbocycles. The lowest BCUT2D eigenvalue weighted by Crippen LogP contribution is -2.18. The normalized spacial score (nSPS) is 11.5. The van der Waals surface area contributed by atoms with E-state index in [4.69, 9.17) is 0 Å². The second kappa shape index (κ2) is 7.10. The molecule has 128 valence electrons. The largest absolute Gasteiger partial charge is 0.418 e. The van der Waals surface area contributed by atoms with E-state index < -0.39 is 17.6 Å². The highest BCUT2D eigenvalue weighted by molar-refractivity contribution is 8.00. The first-order valence-corrected chi connectivity index (χ1v) is 8.23. The van der Waals surface area contributed by atoms with Crippen LogP contribution in [0.3, 0.4) is 0 Å². The van der Waals surface area contributed by atoms with Gasteiger partial charge in [-0.1, -0.05) is 48.2 Å². The molecule has 0 atom stereocenters. The second-order valence-corrected chi connectivity index (χ2v) is 6.08. The van der Waals surface area contributed by atoms with Crippen molar-refractivity contribution in [1.29, 1.82) is 0 Å². The molecule has 0 aliphatic rings. The number of nitrogens with zero attached hydrogens (tertiary/aromatic N) is 2. The number of carbonyl (C=O) groups is 1. The Morgan fingerprint density at radius 1 is 1.08 bits per heavy atom. The molecule has 2 aromatic carbocycles. The molecule has 0 saturated carbocycles. The minimum absolute atomic E-state index is 0.0745. The van der Waals surface area contributed by atoms with E-state index in [1.54, 1.807) is 6.20 Å². The molecule has 0 aliphatic heterocycles. The van der Waals surface area contributed by atoms with Crippen molar-refractivity contribution in [2.24, 2.45) is 0 Å². The van der Waals surface area contributed by atoms with Crippen molar-refractivity contribution in [3.63, 3.8) is 0 Å². The number of rotatable bonds is 4. The molecule has 3 aromatic rings. The predicted molar refractivity (Wildman–Crippen MR) is 90.3 cm³/mol. The first-order chi connectivity index (χ1) is 11.9. The first kappa shape index (κ1) is 17.2. The third-order valence-corrected chi connectivity index (χ3v) is 4.36. The third kappa shape index (κ3) is 4.08. The van der Waals surface area contributed by atoms with Gasteiger partial charge in [-0.25, -0.2) is 0 Å². The predicted octanol–water partition coefficient (Wildman–Crippen LogP) is 4.38. The number of alkyl halides is 3. The van der Waals surface area contributed by atoms with Gasteiger partial charge in [0.1, 0.15) is 5.03 Å². The van der Waals surface area contributed by atoms with Crippen LogP contribution in [0.15, 0.2) is 59.8 Å². The Kier molecular flexibility index (Phi) is 4.89. The summed E-state index contributed by atoms with van der Waals surface area (Å²) in [5.74, 6) is -0.619. The second-order valence-electron chi connectivity index (χ2n) is 5.12. The number of benzene rings is 2. The van der Waals surface area contributed by atoms with Gasteiger partial charge >= 0.3 is 6.18 Å². The maximum Gasteiger partial charge on any atom is 0.418 e. The molecule has 8 heteroatoms. The van der Waals surface area contributed by atoms with E-state index in [9.17, 15) is 18.0 Å². The highest BCUT2D eigenvalue weighted by Gasteiger charge is 2.33. The lowest BCUT2D eigenvalue weighted by Gasteiger charge is -2.13. The molecule has 1 aromatic heterocycles. The van der Waals surface area contributed by atoms with Crippen LogP contribution in [0.25, 0.3) is 10.8 Å². The van der Waals surface area contributed by atoms with Crippen LogP contribution >= 0.6 is 11.8 Å². The number of carbonyl (C=O) groups excluding carboxylic acids is 1. The van der Waals surface area contributed by atoms with Gasteiger partial charge in [-0.2, -0.15) is 18.3 Å². The lowest BCUT2D eigenvalue weighted by molar-refractivity contribution is -0.137. The van der Waals surface area contributed by atoms with Crippen LogP contribution in [-0.2, 0) is 11.0 Å². The number of amides is 1. The van der Waals surface area contributed by atoms with Gasteiger partial charge in [-0.15, -0.1) is 5.10 Å². The van der Waals surface area contributed by atoms with Crippen molar-refractivity contribution in [2.75, 3.05) is 11.1 Å². The van der Waals surface area contributed by atoms with Crippen molar-refractivity contribution < 1.29 is 18.0 Å². The van der Waals surface area contributed by atoms with Gasteiger partial charge < -0.3 is 5.32 Å². The van der Waals surface area contributed by atoms with E-state index in [0.717, 1.165) is 28.6 Å².